The fourth-order valence-electron chi connectivity index (χ4n) is 4.99. The summed E-state index contributed by atoms with van der Waals surface area (Å²) in [6.45, 7) is 2.46. The number of nitrogens with one attached hydrogen (secondary N) is 1. The highest BCUT2D eigenvalue weighted by Crippen LogP contribution is 2.51. The maximum absolute atomic E-state index is 13.7. The number of amides is 1. The number of carboxylic acid groups (broad SMARTS) is 1. The lowest BCUT2D eigenvalue weighted by atomic mass is 9.61. The number of rotatable bonds is 11. The molecule has 1 amide bonds. The van der Waals surface area contributed by atoms with Gasteiger partial charge in [-0.3, -0.25) is 9.59 Å². The number of benzene rings is 2. The first-order valence-corrected chi connectivity index (χ1v) is 12.1. The zero-order valence-electron chi connectivity index (χ0n) is 19.0. The summed E-state index contributed by atoms with van der Waals surface area (Å²) < 4.78 is 5.66. The van der Waals surface area contributed by atoms with Crippen molar-refractivity contribution in [2.24, 2.45) is 11.3 Å². The third kappa shape index (κ3) is 5.98. The van der Waals surface area contributed by atoms with Crippen molar-refractivity contribution in [1.82, 2.24) is 5.32 Å². The summed E-state index contributed by atoms with van der Waals surface area (Å²) in [5.41, 5.74) is 0.508. The second-order valence-corrected chi connectivity index (χ2v) is 9.57. The summed E-state index contributed by atoms with van der Waals surface area (Å²) in [5, 5.41) is 14.1. The number of carbonyl (C=O) groups is 3. The maximum atomic E-state index is 13.7. The second kappa shape index (κ2) is 11.8. The number of carbonyl (C=O) groups excluding carboxylic acids is 2. The number of hydrogen-bond acceptors (Lipinski definition) is 4. The molecule has 8 heteroatoms. The van der Waals surface area contributed by atoms with E-state index in [-0.39, 0.29) is 37.7 Å². The van der Waals surface area contributed by atoms with Crippen LogP contribution in [0.15, 0.2) is 48.5 Å². The van der Waals surface area contributed by atoms with Crippen LogP contribution in [0.3, 0.4) is 0 Å². The van der Waals surface area contributed by atoms with Gasteiger partial charge in [0.25, 0.3) is 0 Å². The smallest absolute Gasteiger partial charge is 0.304 e. The summed E-state index contributed by atoms with van der Waals surface area (Å²) >= 11 is 12.4. The second-order valence-electron chi connectivity index (χ2n) is 8.70. The Balaban J connectivity index is 2.11. The van der Waals surface area contributed by atoms with Crippen molar-refractivity contribution in [3.05, 3.63) is 69.7 Å². The van der Waals surface area contributed by atoms with Crippen LogP contribution in [0.1, 0.15) is 55.7 Å². The number of carboxylic acids is 1. The van der Waals surface area contributed by atoms with Gasteiger partial charge < -0.3 is 20.0 Å². The molecule has 6 nitrogen and oxygen atoms in total. The molecule has 0 radical (unpaired) electrons. The quantitative estimate of drug-likeness (QED) is 0.397. The van der Waals surface area contributed by atoms with Crippen molar-refractivity contribution < 1.29 is 24.2 Å². The van der Waals surface area contributed by atoms with Gasteiger partial charge in [0, 0.05) is 29.0 Å². The summed E-state index contributed by atoms with van der Waals surface area (Å²) in [6, 6.07) is 14.2. The molecule has 182 valence electrons. The van der Waals surface area contributed by atoms with Crippen LogP contribution in [0.25, 0.3) is 0 Å². The topological polar surface area (TPSA) is 92.7 Å². The van der Waals surface area contributed by atoms with E-state index in [1.807, 2.05) is 37.3 Å². The Morgan fingerprint density at radius 1 is 1.21 bits per heavy atom. The number of ether oxygens (including phenoxy) is 1. The molecule has 2 aromatic rings. The van der Waals surface area contributed by atoms with Crippen LogP contribution in [0.5, 0.6) is 0 Å². The first kappa shape index (κ1) is 26.2. The van der Waals surface area contributed by atoms with E-state index in [1.165, 1.54) is 0 Å². The minimum absolute atomic E-state index is 0.193. The molecule has 2 N–H and O–H groups in total. The van der Waals surface area contributed by atoms with Crippen LogP contribution in [0.2, 0.25) is 10.0 Å². The number of hydrogen-bond donors (Lipinski definition) is 2. The Morgan fingerprint density at radius 2 is 1.94 bits per heavy atom. The Hall–Kier alpha value is -2.41. The first-order valence-electron chi connectivity index (χ1n) is 11.4. The van der Waals surface area contributed by atoms with Crippen molar-refractivity contribution in [1.29, 1.82) is 0 Å². The molecule has 0 aromatic heterocycles. The summed E-state index contributed by atoms with van der Waals surface area (Å²) in [4.78, 5) is 37.0. The molecular formula is C26H29Cl2NO5. The highest BCUT2D eigenvalue weighted by molar-refractivity contribution is 6.30. The third-order valence-electron chi connectivity index (χ3n) is 6.64. The summed E-state index contributed by atoms with van der Waals surface area (Å²) in [7, 11) is 0. The van der Waals surface area contributed by atoms with Crippen LogP contribution < -0.4 is 5.32 Å². The summed E-state index contributed by atoms with van der Waals surface area (Å²) in [6.07, 6.45) is 1.28. The monoisotopic (exact) mass is 505 g/mol. The van der Waals surface area contributed by atoms with Gasteiger partial charge in [-0.25, -0.2) is 0 Å². The van der Waals surface area contributed by atoms with E-state index >= 15 is 0 Å². The van der Waals surface area contributed by atoms with Gasteiger partial charge in [0.1, 0.15) is 6.29 Å². The van der Waals surface area contributed by atoms with E-state index in [9.17, 15) is 19.5 Å². The van der Waals surface area contributed by atoms with E-state index < -0.39 is 23.3 Å². The lowest BCUT2D eigenvalue weighted by Crippen LogP contribution is -2.55. The summed E-state index contributed by atoms with van der Waals surface area (Å²) in [5.74, 6) is -2.11. The zero-order chi connectivity index (χ0) is 24.7. The molecule has 1 aliphatic heterocycles. The lowest BCUT2D eigenvalue weighted by Gasteiger charge is -2.47. The van der Waals surface area contributed by atoms with Gasteiger partial charge in [-0.2, -0.15) is 0 Å². The molecule has 0 bridgehead atoms. The third-order valence-corrected chi connectivity index (χ3v) is 7.12. The van der Waals surface area contributed by atoms with Gasteiger partial charge in [-0.15, -0.1) is 0 Å². The van der Waals surface area contributed by atoms with Crippen molar-refractivity contribution in [3.8, 4) is 0 Å². The number of halogens is 2. The van der Waals surface area contributed by atoms with Gasteiger partial charge in [0.15, 0.2) is 0 Å². The standard InChI is InChI=1S/C26H29Cl2NO5/c1-2-34-16-19(6-4-12-30)26(15-23(31)32)14-22(18-5-3-7-21(28)13-18)24(29-25(26)33)17-8-10-20(27)11-9-17/h3,5,7-13,19,22,24H,2,4,6,14-16H2,1H3,(H,29,33)(H,31,32)/t19-,22-,24-,26-/m0/s1. The highest BCUT2D eigenvalue weighted by Gasteiger charge is 2.53. The number of aldehydes is 1. The van der Waals surface area contributed by atoms with Crippen molar-refractivity contribution >= 4 is 41.4 Å². The van der Waals surface area contributed by atoms with Crippen molar-refractivity contribution in [2.45, 2.75) is 44.6 Å². The predicted molar refractivity (Wildman–Crippen MR) is 131 cm³/mol. The van der Waals surface area contributed by atoms with Gasteiger partial charge in [0.2, 0.25) is 5.91 Å². The SMILES string of the molecule is CCOC[C@H](CCC=O)[C@@]1(CC(=O)O)C[C@@H](c2cccc(Cl)c2)[C@H](c2ccc(Cl)cc2)NC1=O. The van der Waals surface area contributed by atoms with Crippen LogP contribution >= 0.6 is 23.2 Å². The van der Waals surface area contributed by atoms with Gasteiger partial charge in [-0.05, 0) is 61.1 Å². The molecule has 0 aliphatic carbocycles. The highest BCUT2D eigenvalue weighted by atomic mass is 35.5. The predicted octanol–water partition coefficient (Wildman–Crippen LogP) is 5.43. The molecule has 2 aromatic carbocycles. The molecular weight excluding hydrogens is 477 g/mol. The van der Waals surface area contributed by atoms with E-state index in [0.29, 0.717) is 23.1 Å². The Morgan fingerprint density at radius 3 is 2.56 bits per heavy atom. The Kier molecular flexibility index (Phi) is 9.11. The zero-order valence-corrected chi connectivity index (χ0v) is 20.5. The fourth-order valence-corrected chi connectivity index (χ4v) is 5.31. The molecule has 1 fully saturated rings. The molecule has 0 saturated carbocycles. The van der Waals surface area contributed by atoms with Crippen molar-refractivity contribution in [2.75, 3.05) is 13.2 Å². The van der Waals surface area contributed by atoms with E-state index in [2.05, 4.69) is 5.32 Å². The molecule has 1 heterocycles. The Labute approximate surface area is 209 Å². The Bertz CT molecular complexity index is 1010. The molecule has 1 saturated heterocycles. The molecule has 34 heavy (non-hydrogen) atoms. The van der Waals surface area contributed by atoms with Crippen LogP contribution in [0, 0.1) is 11.3 Å². The maximum Gasteiger partial charge on any atom is 0.304 e. The van der Waals surface area contributed by atoms with Gasteiger partial charge in [0.05, 0.1) is 24.5 Å². The molecule has 3 rings (SSSR count). The number of aliphatic carboxylic acids is 1. The molecule has 0 unspecified atom stereocenters. The van der Waals surface area contributed by atoms with E-state index in [4.69, 9.17) is 27.9 Å². The lowest BCUT2D eigenvalue weighted by molar-refractivity contribution is -0.154. The minimum atomic E-state index is -1.25. The van der Waals surface area contributed by atoms with E-state index in [1.54, 1.807) is 18.2 Å². The van der Waals surface area contributed by atoms with Gasteiger partial charge in [-0.1, -0.05) is 47.5 Å². The average molecular weight is 506 g/mol. The average Bonchev–Trinajstić information content (AvgIpc) is 2.80. The molecule has 4 atom stereocenters. The van der Waals surface area contributed by atoms with Crippen LogP contribution in [-0.2, 0) is 19.1 Å². The van der Waals surface area contributed by atoms with Crippen molar-refractivity contribution in [3.63, 3.8) is 0 Å². The van der Waals surface area contributed by atoms with E-state index in [0.717, 1.165) is 17.4 Å². The first-order chi connectivity index (χ1) is 16.3. The van der Waals surface area contributed by atoms with Crippen LogP contribution in [-0.4, -0.2) is 36.5 Å². The normalized spacial score (nSPS) is 23.2. The molecule has 0 spiro atoms. The minimum Gasteiger partial charge on any atom is -0.481 e. The largest absolute Gasteiger partial charge is 0.481 e. The number of piperidine rings is 1. The molecule has 1 aliphatic rings. The van der Waals surface area contributed by atoms with Gasteiger partial charge >= 0.3 is 5.97 Å². The van der Waals surface area contributed by atoms with Crippen LogP contribution in [0.4, 0.5) is 0 Å². The fraction of sp³-hybridized carbons (Fsp3) is 0.423.